The van der Waals surface area contributed by atoms with E-state index in [1.807, 2.05) is 17.5 Å². The van der Waals surface area contributed by atoms with Gasteiger partial charge in [0.25, 0.3) is 0 Å². The summed E-state index contributed by atoms with van der Waals surface area (Å²) < 4.78 is 5.11. The molecule has 0 fully saturated rings. The molecule has 0 aliphatic carbocycles. The highest BCUT2D eigenvalue weighted by Gasteiger charge is 2.14. The van der Waals surface area contributed by atoms with Gasteiger partial charge >= 0.3 is 0 Å². The molecule has 1 aromatic carbocycles. The first-order valence-corrected chi connectivity index (χ1v) is 7.53. The van der Waals surface area contributed by atoms with Crippen molar-refractivity contribution >= 4 is 17.1 Å². The standard InChI is InChI=1S/C17H20O2S/c1-17(2,3)13-7-5-12(6-8-13)9-15(18)16-10-14(19-4)11-20-16/h5-8,10-11H,9H2,1-4H3. The minimum absolute atomic E-state index is 0.141. The first-order chi connectivity index (χ1) is 9.40. The zero-order chi connectivity index (χ0) is 14.8. The molecule has 3 heteroatoms. The van der Waals surface area contributed by atoms with Crippen molar-refractivity contribution in [1.29, 1.82) is 0 Å². The number of carbonyl (C=O) groups is 1. The van der Waals surface area contributed by atoms with Crippen LogP contribution in [0.25, 0.3) is 0 Å². The fourth-order valence-corrected chi connectivity index (χ4v) is 2.76. The number of hydrogen-bond acceptors (Lipinski definition) is 3. The smallest absolute Gasteiger partial charge is 0.177 e. The van der Waals surface area contributed by atoms with Gasteiger partial charge in [0.1, 0.15) is 5.75 Å². The average Bonchev–Trinajstić information content (AvgIpc) is 2.87. The molecular weight excluding hydrogens is 268 g/mol. The van der Waals surface area contributed by atoms with Crippen LogP contribution in [-0.4, -0.2) is 12.9 Å². The molecule has 0 amide bonds. The molecule has 0 unspecified atom stereocenters. The second-order valence-corrected chi connectivity index (χ2v) is 6.81. The molecule has 2 nitrogen and oxygen atoms in total. The number of Topliss-reactive ketones (excluding diaryl/α,β-unsaturated/α-hetero) is 1. The summed E-state index contributed by atoms with van der Waals surface area (Å²) in [5.41, 5.74) is 2.48. The highest BCUT2D eigenvalue weighted by molar-refractivity contribution is 7.12. The third-order valence-corrected chi connectivity index (χ3v) is 4.22. The summed E-state index contributed by atoms with van der Waals surface area (Å²) >= 11 is 1.43. The van der Waals surface area contributed by atoms with E-state index < -0.39 is 0 Å². The van der Waals surface area contributed by atoms with Crippen LogP contribution in [0.3, 0.4) is 0 Å². The van der Waals surface area contributed by atoms with Crippen molar-refractivity contribution < 1.29 is 9.53 Å². The van der Waals surface area contributed by atoms with Crippen LogP contribution in [0.15, 0.2) is 35.7 Å². The summed E-state index contributed by atoms with van der Waals surface area (Å²) in [6.45, 7) is 6.56. The van der Waals surface area contributed by atoms with Gasteiger partial charge in [0.2, 0.25) is 0 Å². The fourth-order valence-electron chi connectivity index (χ4n) is 1.97. The number of benzene rings is 1. The van der Waals surface area contributed by atoms with Crippen LogP contribution in [0.5, 0.6) is 5.75 Å². The van der Waals surface area contributed by atoms with E-state index >= 15 is 0 Å². The number of ketones is 1. The van der Waals surface area contributed by atoms with Crippen molar-refractivity contribution in [3.05, 3.63) is 51.7 Å². The maximum Gasteiger partial charge on any atom is 0.177 e. The Morgan fingerprint density at radius 2 is 1.85 bits per heavy atom. The monoisotopic (exact) mass is 288 g/mol. The molecule has 0 aliphatic rings. The lowest BCUT2D eigenvalue weighted by molar-refractivity contribution is 0.0996. The second-order valence-electron chi connectivity index (χ2n) is 5.90. The van der Waals surface area contributed by atoms with Gasteiger partial charge in [0.05, 0.1) is 12.0 Å². The SMILES string of the molecule is COc1csc(C(=O)Cc2ccc(C(C)(C)C)cc2)c1. The molecule has 0 radical (unpaired) electrons. The van der Waals surface area contributed by atoms with E-state index in [9.17, 15) is 4.79 Å². The fraction of sp³-hybridized carbons (Fsp3) is 0.353. The minimum atomic E-state index is 0.141. The van der Waals surface area contributed by atoms with E-state index in [1.54, 1.807) is 13.2 Å². The molecule has 0 saturated heterocycles. The van der Waals surface area contributed by atoms with Gasteiger partial charge < -0.3 is 4.74 Å². The number of thiophene rings is 1. The Morgan fingerprint density at radius 1 is 1.20 bits per heavy atom. The summed E-state index contributed by atoms with van der Waals surface area (Å²) in [6, 6.07) is 10.1. The molecule has 106 valence electrons. The van der Waals surface area contributed by atoms with Crippen molar-refractivity contribution in [1.82, 2.24) is 0 Å². The van der Waals surface area contributed by atoms with Gasteiger partial charge in [-0.2, -0.15) is 0 Å². The highest BCUT2D eigenvalue weighted by atomic mass is 32.1. The normalized spacial score (nSPS) is 11.4. The van der Waals surface area contributed by atoms with E-state index in [4.69, 9.17) is 4.74 Å². The van der Waals surface area contributed by atoms with Gasteiger partial charge in [0, 0.05) is 17.9 Å². The number of rotatable bonds is 4. The summed E-state index contributed by atoms with van der Waals surface area (Å²) in [5.74, 6) is 0.892. The molecule has 0 spiro atoms. The maximum absolute atomic E-state index is 12.2. The molecule has 0 bridgehead atoms. The summed E-state index contributed by atoms with van der Waals surface area (Å²) in [4.78, 5) is 12.9. The van der Waals surface area contributed by atoms with Crippen molar-refractivity contribution in [2.75, 3.05) is 7.11 Å². The third-order valence-electron chi connectivity index (χ3n) is 3.27. The second kappa shape index (κ2) is 5.80. The van der Waals surface area contributed by atoms with Crippen LogP contribution in [-0.2, 0) is 11.8 Å². The Morgan fingerprint density at radius 3 is 2.35 bits per heavy atom. The Bertz CT molecular complexity index is 588. The van der Waals surface area contributed by atoms with Crippen molar-refractivity contribution in [2.24, 2.45) is 0 Å². The summed E-state index contributed by atoms with van der Waals surface area (Å²) in [6.07, 6.45) is 0.439. The van der Waals surface area contributed by atoms with Crippen molar-refractivity contribution in [3.8, 4) is 5.75 Å². The van der Waals surface area contributed by atoms with E-state index in [-0.39, 0.29) is 11.2 Å². The highest BCUT2D eigenvalue weighted by Crippen LogP contribution is 2.24. The Kier molecular flexibility index (Phi) is 4.29. The molecular formula is C17H20O2S. The molecule has 0 atom stereocenters. The summed E-state index contributed by atoms with van der Waals surface area (Å²) in [7, 11) is 1.61. The molecule has 1 heterocycles. The topological polar surface area (TPSA) is 26.3 Å². The van der Waals surface area contributed by atoms with Gasteiger partial charge in [-0.3, -0.25) is 4.79 Å². The molecule has 2 aromatic rings. The molecule has 20 heavy (non-hydrogen) atoms. The largest absolute Gasteiger partial charge is 0.496 e. The first-order valence-electron chi connectivity index (χ1n) is 6.65. The molecule has 0 aliphatic heterocycles. The minimum Gasteiger partial charge on any atom is -0.496 e. The molecule has 2 rings (SSSR count). The Labute approximate surface area is 124 Å². The summed E-state index contributed by atoms with van der Waals surface area (Å²) in [5, 5.41) is 1.86. The zero-order valence-electron chi connectivity index (χ0n) is 12.4. The molecule has 0 N–H and O–H groups in total. The average molecular weight is 288 g/mol. The zero-order valence-corrected chi connectivity index (χ0v) is 13.2. The van der Waals surface area contributed by atoms with E-state index in [0.29, 0.717) is 6.42 Å². The first kappa shape index (κ1) is 14.8. The van der Waals surface area contributed by atoms with E-state index in [0.717, 1.165) is 16.2 Å². The van der Waals surface area contributed by atoms with E-state index in [2.05, 4.69) is 32.9 Å². The van der Waals surface area contributed by atoms with Crippen LogP contribution in [0.2, 0.25) is 0 Å². The third kappa shape index (κ3) is 3.48. The lowest BCUT2D eigenvalue weighted by Crippen LogP contribution is -2.11. The lowest BCUT2D eigenvalue weighted by Gasteiger charge is -2.19. The Hall–Kier alpha value is -1.61. The molecule has 1 aromatic heterocycles. The van der Waals surface area contributed by atoms with Crippen LogP contribution < -0.4 is 4.74 Å². The Balaban J connectivity index is 2.08. The van der Waals surface area contributed by atoms with Gasteiger partial charge in [-0.25, -0.2) is 0 Å². The van der Waals surface area contributed by atoms with Gasteiger partial charge in [-0.15, -0.1) is 11.3 Å². The number of hydrogen-bond donors (Lipinski definition) is 0. The number of carbonyl (C=O) groups excluding carboxylic acids is 1. The van der Waals surface area contributed by atoms with Crippen LogP contribution in [0.1, 0.15) is 41.6 Å². The molecule has 0 saturated carbocycles. The van der Waals surface area contributed by atoms with Crippen LogP contribution in [0, 0.1) is 0 Å². The van der Waals surface area contributed by atoms with E-state index in [1.165, 1.54) is 16.9 Å². The van der Waals surface area contributed by atoms with Crippen molar-refractivity contribution in [3.63, 3.8) is 0 Å². The van der Waals surface area contributed by atoms with Crippen LogP contribution >= 0.6 is 11.3 Å². The number of methoxy groups -OCH3 is 1. The predicted octanol–water partition coefficient (Wildman–Crippen LogP) is 4.48. The maximum atomic E-state index is 12.2. The number of ether oxygens (including phenoxy) is 1. The lowest BCUT2D eigenvalue weighted by atomic mass is 9.86. The van der Waals surface area contributed by atoms with Gasteiger partial charge in [-0.1, -0.05) is 45.0 Å². The van der Waals surface area contributed by atoms with Crippen LogP contribution in [0.4, 0.5) is 0 Å². The predicted molar refractivity (Wildman–Crippen MR) is 84.0 cm³/mol. The van der Waals surface area contributed by atoms with Gasteiger partial charge in [0.15, 0.2) is 5.78 Å². The van der Waals surface area contributed by atoms with Crippen molar-refractivity contribution in [2.45, 2.75) is 32.6 Å². The quantitative estimate of drug-likeness (QED) is 0.775. The van der Waals surface area contributed by atoms with Gasteiger partial charge in [-0.05, 0) is 16.5 Å².